The van der Waals surface area contributed by atoms with E-state index < -0.39 is 15.9 Å². The Bertz CT molecular complexity index is 498. The third kappa shape index (κ3) is 2.45. The van der Waals surface area contributed by atoms with Gasteiger partial charge in [0.15, 0.2) is 11.5 Å². The topological polar surface area (TPSA) is 78.6 Å². The first-order valence-corrected chi connectivity index (χ1v) is 6.84. The number of hydrogen-bond donors (Lipinski definition) is 1. The van der Waals surface area contributed by atoms with E-state index in [0.29, 0.717) is 11.5 Å². The summed E-state index contributed by atoms with van der Waals surface area (Å²) >= 11 is 0. The Morgan fingerprint density at radius 3 is 2.75 bits per heavy atom. The standard InChI is InChI=1S/C10H13NO4S/c1-16(12,13)5-8(11)7-2-3-9-10(4-7)15-6-14-9/h2-4,8H,5-6,11H2,1H3. The van der Waals surface area contributed by atoms with Crippen molar-refractivity contribution in [3.63, 3.8) is 0 Å². The lowest BCUT2D eigenvalue weighted by atomic mass is 10.1. The van der Waals surface area contributed by atoms with Crippen LogP contribution in [0.5, 0.6) is 11.5 Å². The van der Waals surface area contributed by atoms with E-state index in [-0.39, 0.29) is 12.5 Å². The molecule has 1 aromatic rings. The molecule has 0 amide bonds. The molecule has 5 nitrogen and oxygen atoms in total. The second kappa shape index (κ2) is 3.95. The predicted molar refractivity (Wildman–Crippen MR) is 59.2 cm³/mol. The highest BCUT2D eigenvalue weighted by molar-refractivity contribution is 7.90. The molecular formula is C10H13NO4S. The molecule has 1 unspecified atom stereocenters. The van der Waals surface area contributed by atoms with Gasteiger partial charge in [-0.25, -0.2) is 8.42 Å². The van der Waals surface area contributed by atoms with Gasteiger partial charge in [0.2, 0.25) is 6.79 Å². The Morgan fingerprint density at radius 2 is 2.06 bits per heavy atom. The van der Waals surface area contributed by atoms with Gasteiger partial charge >= 0.3 is 0 Å². The van der Waals surface area contributed by atoms with Crippen LogP contribution < -0.4 is 15.2 Å². The van der Waals surface area contributed by atoms with Crippen molar-refractivity contribution in [3.8, 4) is 11.5 Å². The molecule has 0 bridgehead atoms. The molecule has 1 atom stereocenters. The van der Waals surface area contributed by atoms with Crippen LogP contribution in [0, 0.1) is 0 Å². The maximum absolute atomic E-state index is 11.1. The van der Waals surface area contributed by atoms with Crippen LogP contribution >= 0.6 is 0 Å². The lowest BCUT2D eigenvalue weighted by Gasteiger charge is -2.11. The van der Waals surface area contributed by atoms with E-state index in [4.69, 9.17) is 15.2 Å². The molecule has 6 heteroatoms. The molecule has 1 aliphatic heterocycles. The first kappa shape index (κ1) is 11.2. The molecule has 0 saturated heterocycles. The minimum atomic E-state index is -3.08. The van der Waals surface area contributed by atoms with E-state index in [1.54, 1.807) is 18.2 Å². The zero-order valence-corrected chi connectivity index (χ0v) is 9.66. The number of nitrogens with two attached hydrogens (primary N) is 1. The Kier molecular flexibility index (Phi) is 2.77. The molecule has 1 aliphatic rings. The normalized spacial score (nSPS) is 16.1. The van der Waals surface area contributed by atoms with Gasteiger partial charge in [-0.15, -0.1) is 0 Å². The average molecular weight is 243 g/mol. The molecule has 0 aromatic heterocycles. The van der Waals surface area contributed by atoms with Crippen LogP contribution in [-0.4, -0.2) is 27.2 Å². The lowest BCUT2D eigenvalue weighted by molar-refractivity contribution is 0.174. The Hall–Kier alpha value is -1.27. The summed E-state index contributed by atoms with van der Waals surface area (Å²) in [6.07, 6.45) is 1.17. The van der Waals surface area contributed by atoms with Crippen LogP contribution in [0.1, 0.15) is 11.6 Å². The molecule has 0 saturated carbocycles. The highest BCUT2D eigenvalue weighted by Gasteiger charge is 2.18. The molecule has 2 rings (SSSR count). The van der Waals surface area contributed by atoms with Crippen molar-refractivity contribution in [3.05, 3.63) is 23.8 Å². The molecule has 16 heavy (non-hydrogen) atoms. The van der Waals surface area contributed by atoms with Gasteiger partial charge in [-0.2, -0.15) is 0 Å². The molecule has 88 valence electrons. The Labute approximate surface area is 94.1 Å². The van der Waals surface area contributed by atoms with Gasteiger partial charge in [0.25, 0.3) is 0 Å². The van der Waals surface area contributed by atoms with Crippen molar-refractivity contribution in [2.45, 2.75) is 6.04 Å². The van der Waals surface area contributed by atoms with Crippen LogP contribution in [0.4, 0.5) is 0 Å². The first-order chi connectivity index (χ1) is 7.46. The van der Waals surface area contributed by atoms with E-state index >= 15 is 0 Å². The Morgan fingerprint density at radius 1 is 1.38 bits per heavy atom. The summed E-state index contributed by atoms with van der Waals surface area (Å²) in [4.78, 5) is 0. The smallest absolute Gasteiger partial charge is 0.231 e. The highest BCUT2D eigenvalue weighted by atomic mass is 32.2. The van der Waals surface area contributed by atoms with Crippen LogP contribution in [0.3, 0.4) is 0 Å². The maximum atomic E-state index is 11.1. The summed E-state index contributed by atoms with van der Waals surface area (Å²) in [5.74, 6) is 1.20. The van der Waals surface area contributed by atoms with Gasteiger partial charge < -0.3 is 15.2 Å². The molecule has 1 aromatic carbocycles. The van der Waals surface area contributed by atoms with E-state index in [0.717, 1.165) is 5.56 Å². The fourth-order valence-corrected chi connectivity index (χ4v) is 2.41. The van der Waals surface area contributed by atoms with Crippen molar-refractivity contribution in [1.82, 2.24) is 0 Å². The summed E-state index contributed by atoms with van der Waals surface area (Å²) in [5.41, 5.74) is 6.53. The number of rotatable bonds is 3. The third-order valence-electron chi connectivity index (χ3n) is 2.31. The number of fused-ring (bicyclic) bond motifs is 1. The van der Waals surface area contributed by atoms with Crippen molar-refractivity contribution in [2.75, 3.05) is 18.8 Å². The van der Waals surface area contributed by atoms with Gasteiger partial charge in [-0.1, -0.05) is 6.07 Å². The van der Waals surface area contributed by atoms with Gasteiger partial charge in [0.1, 0.15) is 9.84 Å². The molecular weight excluding hydrogens is 230 g/mol. The zero-order valence-electron chi connectivity index (χ0n) is 8.84. The molecule has 0 aliphatic carbocycles. The van der Waals surface area contributed by atoms with Crippen LogP contribution in [-0.2, 0) is 9.84 Å². The summed E-state index contributed by atoms with van der Waals surface area (Å²) in [7, 11) is -3.08. The second-order valence-electron chi connectivity index (χ2n) is 3.81. The zero-order chi connectivity index (χ0) is 11.8. The minimum Gasteiger partial charge on any atom is -0.454 e. The van der Waals surface area contributed by atoms with E-state index in [1.807, 2.05) is 0 Å². The number of benzene rings is 1. The second-order valence-corrected chi connectivity index (χ2v) is 6.00. The molecule has 0 radical (unpaired) electrons. The van der Waals surface area contributed by atoms with E-state index in [1.165, 1.54) is 6.26 Å². The summed E-state index contributed by atoms with van der Waals surface area (Å²) < 4.78 is 32.6. The number of ether oxygens (including phenoxy) is 2. The Balaban J connectivity index is 2.21. The molecule has 0 fully saturated rings. The van der Waals surface area contributed by atoms with Gasteiger partial charge in [0, 0.05) is 12.3 Å². The molecule has 1 heterocycles. The molecule has 0 spiro atoms. The summed E-state index contributed by atoms with van der Waals surface area (Å²) in [5, 5.41) is 0. The lowest BCUT2D eigenvalue weighted by Crippen LogP contribution is -2.20. The van der Waals surface area contributed by atoms with Gasteiger partial charge in [-0.05, 0) is 17.7 Å². The van der Waals surface area contributed by atoms with E-state index in [2.05, 4.69) is 0 Å². The highest BCUT2D eigenvalue weighted by Crippen LogP contribution is 2.33. The maximum Gasteiger partial charge on any atom is 0.231 e. The van der Waals surface area contributed by atoms with Crippen LogP contribution in [0.2, 0.25) is 0 Å². The quantitative estimate of drug-likeness (QED) is 0.834. The molecule has 2 N–H and O–H groups in total. The minimum absolute atomic E-state index is 0.0767. The predicted octanol–water partition coefficient (Wildman–Crippen LogP) is 0.460. The fraction of sp³-hybridized carbons (Fsp3) is 0.400. The number of hydrogen-bond acceptors (Lipinski definition) is 5. The van der Waals surface area contributed by atoms with Crippen molar-refractivity contribution in [1.29, 1.82) is 0 Å². The van der Waals surface area contributed by atoms with Crippen LogP contribution in [0.15, 0.2) is 18.2 Å². The van der Waals surface area contributed by atoms with Gasteiger partial charge in [-0.3, -0.25) is 0 Å². The third-order valence-corrected chi connectivity index (χ3v) is 3.27. The monoisotopic (exact) mass is 243 g/mol. The SMILES string of the molecule is CS(=O)(=O)CC(N)c1ccc2c(c1)OCO2. The summed E-state index contributed by atoms with van der Waals surface area (Å²) in [6, 6.07) is 4.67. The summed E-state index contributed by atoms with van der Waals surface area (Å²) in [6.45, 7) is 0.195. The van der Waals surface area contributed by atoms with E-state index in [9.17, 15) is 8.42 Å². The largest absolute Gasteiger partial charge is 0.454 e. The first-order valence-electron chi connectivity index (χ1n) is 4.78. The van der Waals surface area contributed by atoms with Crippen molar-refractivity contribution in [2.24, 2.45) is 5.73 Å². The number of sulfone groups is 1. The fourth-order valence-electron chi connectivity index (χ4n) is 1.57. The van der Waals surface area contributed by atoms with Crippen molar-refractivity contribution >= 4 is 9.84 Å². The van der Waals surface area contributed by atoms with Gasteiger partial charge in [0.05, 0.1) is 5.75 Å². The van der Waals surface area contributed by atoms with Crippen molar-refractivity contribution < 1.29 is 17.9 Å². The average Bonchev–Trinajstić information content (AvgIpc) is 2.61. The van der Waals surface area contributed by atoms with Crippen LogP contribution in [0.25, 0.3) is 0 Å².